The molecule has 1 unspecified atom stereocenters. The predicted octanol–water partition coefficient (Wildman–Crippen LogP) is 3.21. The van der Waals surface area contributed by atoms with Crippen molar-refractivity contribution in [2.45, 2.75) is 12.3 Å². The molecule has 1 aromatic carbocycles. The molecule has 0 bridgehead atoms. The lowest BCUT2D eigenvalue weighted by Crippen LogP contribution is -2.00. The molecule has 1 atom stereocenters. The Morgan fingerprint density at radius 1 is 1.33 bits per heavy atom. The van der Waals surface area contributed by atoms with Gasteiger partial charge in [-0.05, 0) is 24.6 Å². The predicted molar refractivity (Wildman–Crippen MR) is 50.7 cm³/mol. The molecule has 3 heteroatoms. The van der Waals surface area contributed by atoms with Crippen molar-refractivity contribution in [1.29, 1.82) is 0 Å². The molecule has 1 aromatic rings. The molecule has 1 rings (SSSR count). The average Bonchev–Trinajstić information content (AvgIpc) is 2.04. The Hall–Kier alpha value is -0.530. The Bertz CT molecular complexity index is 279. The summed E-state index contributed by atoms with van der Waals surface area (Å²) < 4.78 is 0. The Morgan fingerprint density at radius 2 is 1.83 bits per heavy atom. The minimum Gasteiger partial charge on any atom is -0.298 e. The number of benzene rings is 1. The maximum absolute atomic E-state index is 10.9. The number of halogens is 2. The normalized spacial score (nSPS) is 12.6. The van der Waals surface area contributed by atoms with Crippen molar-refractivity contribution in [3.05, 3.63) is 34.9 Å². The van der Waals surface area contributed by atoms with Gasteiger partial charge in [0, 0.05) is 5.02 Å². The molecule has 0 fully saturated rings. The Kier molecular flexibility index (Phi) is 3.12. The van der Waals surface area contributed by atoms with E-state index in [-0.39, 0.29) is 5.78 Å². The zero-order valence-electron chi connectivity index (χ0n) is 6.55. The molecule has 0 aliphatic rings. The van der Waals surface area contributed by atoms with E-state index in [1.807, 2.05) is 0 Å². The highest BCUT2D eigenvalue weighted by molar-refractivity contribution is 6.31. The van der Waals surface area contributed by atoms with Crippen LogP contribution in [0.2, 0.25) is 5.02 Å². The number of hydrogen-bond acceptors (Lipinski definition) is 1. The van der Waals surface area contributed by atoms with Gasteiger partial charge in [0.25, 0.3) is 0 Å². The van der Waals surface area contributed by atoms with Crippen molar-refractivity contribution in [2.24, 2.45) is 0 Å². The molecule has 0 N–H and O–H groups in total. The first-order chi connectivity index (χ1) is 5.61. The maximum atomic E-state index is 10.9. The molecular weight excluding hydrogens is 195 g/mol. The summed E-state index contributed by atoms with van der Waals surface area (Å²) in [5.74, 6) is -0.0565. The highest BCUT2D eigenvalue weighted by Crippen LogP contribution is 2.22. The third-order valence-corrected chi connectivity index (χ3v) is 2.33. The molecule has 0 amide bonds. The first-order valence-corrected chi connectivity index (χ1v) is 4.32. The second-order valence-electron chi connectivity index (χ2n) is 2.52. The molecule has 0 aliphatic heterocycles. The van der Waals surface area contributed by atoms with Gasteiger partial charge in [-0.3, -0.25) is 4.79 Å². The standard InChI is InChI=1S/C9H8Cl2O/c1-6(12)9(11)7-2-4-8(10)5-3-7/h2-5,9H,1H3. The van der Waals surface area contributed by atoms with Crippen LogP contribution in [0, 0.1) is 0 Å². The molecule has 64 valence electrons. The van der Waals surface area contributed by atoms with Crippen molar-refractivity contribution in [2.75, 3.05) is 0 Å². The monoisotopic (exact) mass is 202 g/mol. The van der Waals surface area contributed by atoms with Crippen molar-refractivity contribution in [3.8, 4) is 0 Å². The fraction of sp³-hybridized carbons (Fsp3) is 0.222. The van der Waals surface area contributed by atoms with E-state index >= 15 is 0 Å². The van der Waals surface area contributed by atoms with Crippen LogP contribution in [0.1, 0.15) is 17.9 Å². The van der Waals surface area contributed by atoms with E-state index in [1.54, 1.807) is 24.3 Å². The zero-order valence-corrected chi connectivity index (χ0v) is 8.06. The lowest BCUT2D eigenvalue weighted by Gasteiger charge is -2.04. The van der Waals surface area contributed by atoms with Gasteiger partial charge in [-0.15, -0.1) is 11.6 Å². The first-order valence-electron chi connectivity index (χ1n) is 3.51. The highest BCUT2D eigenvalue weighted by Gasteiger charge is 2.11. The highest BCUT2D eigenvalue weighted by atomic mass is 35.5. The largest absolute Gasteiger partial charge is 0.298 e. The summed E-state index contributed by atoms with van der Waals surface area (Å²) >= 11 is 11.5. The number of Topliss-reactive ketones (excluding diaryl/α,β-unsaturated/α-hetero) is 1. The van der Waals surface area contributed by atoms with Gasteiger partial charge in [0.05, 0.1) is 0 Å². The van der Waals surface area contributed by atoms with Crippen molar-refractivity contribution < 1.29 is 4.79 Å². The van der Waals surface area contributed by atoms with E-state index in [0.717, 1.165) is 5.56 Å². The van der Waals surface area contributed by atoms with E-state index < -0.39 is 5.38 Å². The molecule has 12 heavy (non-hydrogen) atoms. The minimum atomic E-state index is -0.553. The number of rotatable bonds is 2. The van der Waals surface area contributed by atoms with Gasteiger partial charge in [-0.1, -0.05) is 23.7 Å². The molecule has 0 aliphatic carbocycles. The second kappa shape index (κ2) is 3.92. The SMILES string of the molecule is CC(=O)C(Cl)c1ccc(Cl)cc1. The van der Waals surface area contributed by atoms with Gasteiger partial charge in [0.1, 0.15) is 5.38 Å². The Morgan fingerprint density at radius 3 is 2.25 bits per heavy atom. The Labute approximate surface area is 81.3 Å². The lowest BCUT2D eigenvalue weighted by atomic mass is 10.1. The zero-order chi connectivity index (χ0) is 9.14. The van der Waals surface area contributed by atoms with Crippen molar-refractivity contribution >= 4 is 29.0 Å². The van der Waals surface area contributed by atoms with Crippen LogP contribution in [0.15, 0.2) is 24.3 Å². The van der Waals surface area contributed by atoms with Crippen LogP contribution in [0.5, 0.6) is 0 Å². The number of carbonyl (C=O) groups excluding carboxylic acids is 1. The van der Waals surface area contributed by atoms with E-state index in [4.69, 9.17) is 23.2 Å². The van der Waals surface area contributed by atoms with Crippen molar-refractivity contribution in [3.63, 3.8) is 0 Å². The number of ketones is 1. The summed E-state index contributed by atoms with van der Waals surface area (Å²) in [6, 6.07) is 6.94. The second-order valence-corrected chi connectivity index (χ2v) is 3.40. The maximum Gasteiger partial charge on any atom is 0.152 e. The smallest absolute Gasteiger partial charge is 0.152 e. The van der Waals surface area contributed by atoms with Gasteiger partial charge in [-0.2, -0.15) is 0 Å². The van der Waals surface area contributed by atoms with E-state index in [0.29, 0.717) is 5.02 Å². The van der Waals surface area contributed by atoms with Crippen molar-refractivity contribution in [1.82, 2.24) is 0 Å². The van der Waals surface area contributed by atoms with Crippen LogP contribution >= 0.6 is 23.2 Å². The molecule has 0 spiro atoms. The van der Waals surface area contributed by atoms with E-state index in [9.17, 15) is 4.79 Å². The Balaban J connectivity index is 2.89. The van der Waals surface area contributed by atoms with E-state index in [2.05, 4.69) is 0 Å². The summed E-state index contributed by atoms with van der Waals surface area (Å²) in [5.41, 5.74) is 0.786. The molecule has 0 radical (unpaired) electrons. The molecular formula is C9H8Cl2O. The summed E-state index contributed by atoms with van der Waals surface area (Å²) in [5, 5.41) is 0.0911. The molecule has 0 saturated heterocycles. The van der Waals surface area contributed by atoms with Crippen LogP contribution in [0.25, 0.3) is 0 Å². The minimum absolute atomic E-state index is 0.0565. The van der Waals surface area contributed by atoms with Crippen LogP contribution in [0.3, 0.4) is 0 Å². The van der Waals surface area contributed by atoms with Gasteiger partial charge < -0.3 is 0 Å². The molecule has 0 saturated carbocycles. The van der Waals surface area contributed by atoms with Gasteiger partial charge in [0.2, 0.25) is 0 Å². The van der Waals surface area contributed by atoms with Crippen LogP contribution < -0.4 is 0 Å². The van der Waals surface area contributed by atoms with Crippen LogP contribution in [-0.4, -0.2) is 5.78 Å². The average molecular weight is 203 g/mol. The number of carbonyl (C=O) groups is 1. The van der Waals surface area contributed by atoms with Gasteiger partial charge >= 0.3 is 0 Å². The molecule has 1 nitrogen and oxygen atoms in total. The fourth-order valence-electron chi connectivity index (χ4n) is 0.866. The van der Waals surface area contributed by atoms with Gasteiger partial charge in [0.15, 0.2) is 5.78 Å². The van der Waals surface area contributed by atoms with Crippen LogP contribution in [-0.2, 0) is 4.79 Å². The van der Waals surface area contributed by atoms with E-state index in [1.165, 1.54) is 6.92 Å². The third-order valence-electron chi connectivity index (χ3n) is 1.52. The fourth-order valence-corrected chi connectivity index (χ4v) is 1.14. The molecule has 0 heterocycles. The number of alkyl halides is 1. The summed E-state index contributed by atoms with van der Waals surface area (Å²) in [6.45, 7) is 1.46. The summed E-state index contributed by atoms with van der Waals surface area (Å²) in [7, 11) is 0. The quantitative estimate of drug-likeness (QED) is 0.674. The first kappa shape index (κ1) is 9.56. The molecule has 0 aromatic heterocycles. The lowest BCUT2D eigenvalue weighted by molar-refractivity contribution is -0.116. The summed E-state index contributed by atoms with van der Waals surface area (Å²) in [6.07, 6.45) is 0. The third kappa shape index (κ3) is 2.23. The topological polar surface area (TPSA) is 17.1 Å². The van der Waals surface area contributed by atoms with Crippen LogP contribution in [0.4, 0.5) is 0 Å². The van der Waals surface area contributed by atoms with Gasteiger partial charge in [-0.25, -0.2) is 0 Å². The number of hydrogen-bond donors (Lipinski definition) is 0. The summed E-state index contributed by atoms with van der Waals surface area (Å²) in [4.78, 5) is 10.9.